The van der Waals surface area contributed by atoms with Crippen molar-refractivity contribution in [3.05, 3.63) is 28.8 Å². The number of carboxylic acid groups (broad SMARTS) is 1. The van der Waals surface area contributed by atoms with Crippen molar-refractivity contribution in [3.63, 3.8) is 0 Å². The van der Waals surface area contributed by atoms with Crippen molar-refractivity contribution in [3.8, 4) is 0 Å². The van der Waals surface area contributed by atoms with Gasteiger partial charge in [-0.05, 0) is 37.5 Å². The summed E-state index contributed by atoms with van der Waals surface area (Å²) >= 11 is 5.78. The van der Waals surface area contributed by atoms with Crippen molar-refractivity contribution in [2.45, 2.75) is 27.2 Å². The van der Waals surface area contributed by atoms with E-state index in [2.05, 4.69) is 24.4 Å². The number of carboxylic acids is 1. The van der Waals surface area contributed by atoms with Crippen LogP contribution in [0.1, 0.15) is 37.6 Å². The van der Waals surface area contributed by atoms with Gasteiger partial charge in [0.05, 0.1) is 16.3 Å². The molecule has 1 aromatic rings. The quantitative estimate of drug-likeness (QED) is 0.629. The Labute approximate surface area is 112 Å². The third-order valence-electron chi connectivity index (χ3n) is 2.28. The minimum Gasteiger partial charge on any atom is -0.478 e. The number of hydrogen-bond donors (Lipinski definition) is 2. The fourth-order valence-corrected chi connectivity index (χ4v) is 1.75. The van der Waals surface area contributed by atoms with Crippen molar-refractivity contribution >= 4 is 29.0 Å². The highest BCUT2D eigenvalue weighted by atomic mass is 35.5. The minimum atomic E-state index is -1.05. The lowest BCUT2D eigenvalue weighted by molar-refractivity contribution is 0.0697. The van der Waals surface area contributed by atoms with Crippen molar-refractivity contribution in [1.29, 1.82) is 0 Å². The Morgan fingerprint density at radius 1 is 1.50 bits per heavy atom. The van der Waals surface area contributed by atoms with E-state index in [0.29, 0.717) is 11.6 Å². The van der Waals surface area contributed by atoms with E-state index < -0.39 is 5.97 Å². The summed E-state index contributed by atoms with van der Waals surface area (Å²) in [5, 5.41) is 13.4. The van der Waals surface area contributed by atoms with Crippen molar-refractivity contribution in [1.82, 2.24) is 0 Å². The molecule has 4 nitrogen and oxygen atoms in total. The summed E-state index contributed by atoms with van der Waals surface area (Å²) < 4.78 is 0. The summed E-state index contributed by atoms with van der Waals surface area (Å²) in [5.74, 6) is -0.512. The van der Waals surface area contributed by atoms with Gasteiger partial charge in [-0.2, -0.15) is 5.10 Å². The zero-order valence-electron chi connectivity index (χ0n) is 10.7. The fraction of sp³-hybridized carbons (Fsp3) is 0.385. The Bertz CT molecular complexity index is 470. The first kappa shape index (κ1) is 14.5. The Morgan fingerprint density at radius 3 is 2.72 bits per heavy atom. The van der Waals surface area contributed by atoms with Crippen LogP contribution < -0.4 is 5.43 Å². The smallest absolute Gasteiger partial charge is 0.337 e. The van der Waals surface area contributed by atoms with Crippen molar-refractivity contribution in [2.24, 2.45) is 11.0 Å². The molecule has 0 bridgehead atoms. The maximum atomic E-state index is 10.9. The number of benzene rings is 1. The van der Waals surface area contributed by atoms with Crippen molar-refractivity contribution in [2.75, 3.05) is 5.43 Å². The lowest BCUT2D eigenvalue weighted by Gasteiger charge is -2.07. The van der Waals surface area contributed by atoms with Gasteiger partial charge in [0.25, 0.3) is 0 Å². The molecule has 2 N–H and O–H groups in total. The van der Waals surface area contributed by atoms with Gasteiger partial charge < -0.3 is 5.11 Å². The molecule has 0 aliphatic rings. The van der Waals surface area contributed by atoms with Gasteiger partial charge in [-0.1, -0.05) is 25.4 Å². The maximum Gasteiger partial charge on any atom is 0.337 e. The molecule has 0 spiro atoms. The summed E-state index contributed by atoms with van der Waals surface area (Å²) in [6, 6.07) is 4.71. The Balaban J connectivity index is 2.80. The largest absolute Gasteiger partial charge is 0.478 e. The van der Waals surface area contributed by atoms with Gasteiger partial charge in [-0.25, -0.2) is 4.79 Å². The number of aromatic carboxylic acids is 1. The lowest BCUT2D eigenvalue weighted by Crippen LogP contribution is -2.03. The first-order chi connectivity index (χ1) is 8.40. The Hall–Kier alpha value is -1.55. The normalized spacial score (nSPS) is 11.7. The van der Waals surface area contributed by atoms with Gasteiger partial charge >= 0.3 is 5.97 Å². The van der Waals surface area contributed by atoms with E-state index >= 15 is 0 Å². The van der Waals surface area contributed by atoms with E-state index in [0.717, 1.165) is 12.1 Å². The molecule has 0 aliphatic carbocycles. The van der Waals surface area contributed by atoms with Gasteiger partial charge in [0.1, 0.15) is 0 Å². The van der Waals surface area contributed by atoms with E-state index in [4.69, 9.17) is 16.7 Å². The molecule has 0 radical (unpaired) electrons. The molecular formula is C13H17ClN2O2. The van der Waals surface area contributed by atoms with Crippen LogP contribution in [0.15, 0.2) is 23.3 Å². The summed E-state index contributed by atoms with van der Waals surface area (Å²) in [6.07, 6.45) is 0.895. The molecule has 0 unspecified atom stereocenters. The van der Waals surface area contributed by atoms with Gasteiger partial charge in [-0.15, -0.1) is 0 Å². The van der Waals surface area contributed by atoms with E-state index in [9.17, 15) is 4.79 Å². The highest BCUT2D eigenvalue weighted by molar-refractivity contribution is 6.33. The number of hydrogen-bond acceptors (Lipinski definition) is 3. The van der Waals surface area contributed by atoms with Crippen LogP contribution in [0, 0.1) is 5.92 Å². The highest BCUT2D eigenvalue weighted by Gasteiger charge is 2.09. The summed E-state index contributed by atoms with van der Waals surface area (Å²) in [4.78, 5) is 10.9. The van der Waals surface area contributed by atoms with Gasteiger partial charge in [0, 0.05) is 5.71 Å². The molecule has 0 saturated heterocycles. The zero-order valence-corrected chi connectivity index (χ0v) is 11.5. The molecule has 0 heterocycles. The highest BCUT2D eigenvalue weighted by Crippen LogP contribution is 2.20. The van der Waals surface area contributed by atoms with E-state index in [1.807, 2.05) is 6.92 Å². The van der Waals surface area contributed by atoms with Gasteiger partial charge in [0.2, 0.25) is 0 Å². The number of nitrogens with one attached hydrogen (secondary N) is 1. The fourth-order valence-electron chi connectivity index (χ4n) is 1.56. The van der Waals surface area contributed by atoms with Gasteiger partial charge in [-0.3, -0.25) is 5.43 Å². The van der Waals surface area contributed by atoms with Crippen molar-refractivity contribution < 1.29 is 9.90 Å². The van der Waals surface area contributed by atoms with Gasteiger partial charge in [0.15, 0.2) is 0 Å². The number of carbonyl (C=O) groups is 1. The standard InChI is InChI=1S/C13H17ClN2O2/c1-8(2)6-9(3)15-16-10-4-5-12(14)11(7-10)13(17)18/h4-5,7-8,16H,6H2,1-3H3,(H,17,18)/b15-9+. The number of rotatable bonds is 5. The van der Waals surface area contributed by atoms with Crippen LogP contribution in [-0.2, 0) is 0 Å². The SMILES string of the molecule is C/C(CC(C)C)=N\Nc1ccc(Cl)c(C(=O)O)c1. The van der Waals surface area contributed by atoms with Crippen LogP contribution in [0.4, 0.5) is 5.69 Å². The third-order valence-corrected chi connectivity index (χ3v) is 2.61. The molecule has 1 aromatic carbocycles. The van der Waals surface area contributed by atoms with Crippen LogP contribution in [0.5, 0.6) is 0 Å². The Kier molecular flexibility index (Phi) is 5.16. The molecule has 18 heavy (non-hydrogen) atoms. The summed E-state index contributed by atoms with van der Waals surface area (Å²) in [6.45, 7) is 6.16. The monoisotopic (exact) mass is 268 g/mol. The van der Waals surface area contributed by atoms with Crippen LogP contribution in [0.2, 0.25) is 5.02 Å². The third kappa shape index (κ3) is 4.37. The number of halogens is 1. The first-order valence-corrected chi connectivity index (χ1v) is 6.10. The topological polar surface area (TPSA) is 61.7 Å². The molecule has 0 aliphatic heterocycles. The first-order valence-electron chi connectivity index (χ1n) is 5.72. The summed E-state index contributed by atoms with van der Waals surface area (Å²) in [5.41, 5.74) is 4.49. The molecule has 0 aromatic heterocycles. The predicted molar refractivity (Wildman–Crippen MR) is 74.6 cm³/mol. The molecule has 0 fully saturated rings. The van der Waals surface area contributed by atoms with Crippen LogP contribution >= 0.6 is 11.6 Å². The molecule has 5 heteroatoms. The van der Waals surface area contributed by atoms with Crippen LogP contribution in [-0.4, -0.2) is 16.8 Å². The maximum absolute atomic E-state index is 10.9. The molecule has 1 rings (SSSR count). The minimum absolute atomic E-state index is 0.0679. The lowest BCUT2D eigenvalue weighted by atomic mass is 10.1. The molecule has 0 saturated carbocycles. The molecule has 0 atom stereocenters. The molecule has 0 amide bonds. The average molecular weight is 269 g/mol. The van der Waals surface area contributed by atoms with E-state index in [1.165, 1.54) is 6.07 Å². The average Bonchev–Trinajstić information content (AvgIpc) is 2.26. The van der Waals surface area contributed by atoms with E-state index in [-0.39, 0.29) is 10.6 Å². The zero-order chi connectivity index (χ0) is 13.7. The van der Waals surface area contributed by atoms with Crippen LogP contribution in [0.3, 0.4) is 0 Å². The number of anilines is 1. The summed E-state index contributed by atoms with van der Waals surface area (Å²) in [7, 11) is 0. The number of nitrogens with zero attached hydrogens (tertiary/aromatic N) is 1. The number of hydrazone groups is 1. The predicted octanol–water partition coefficient (Wildman–Crippen LogP) is 3.87. The second kappa shape index (κ2) is 6.40. The van der Waals surface area contributed by atoms with Crippen LogP contribution in [0.25, 0.3) is 0 Å². The second-order valence-electron chi connectivity index (χ2n) is 4.56. The Morgan fingerprint density at radius 2 is 2.17 bits per heavy atom. The van der Waals surface area contributed by atoms with E-state index in [1.54, 1.807) is 12.1 Å². The second-order valence-corrected chi connectivity index (χ2v) is 4.96. The molecule has 98 valence electrons. The molecular weight excluding hydrogens is 252 g/mol.